The Morgan fingerprint density at radius 1 is 1.16 bits per heavy atom. The third kappa shape index (κ3) is 7.99. The van der Waals surface area contributed by atoms with E-state index in [-0.39, 0.29) is 30.0 Å². The number of aliphatic imine (C=N–C) groups is 1. The fourth-order valence-corrected chi connectivity index (χ4v) is 3.51. The predicted octanol–water partition coefficient (Wildman–Crippen LogP) is 4.56. The molecule has 0 saturated carbocycles. The summed E-state index contributed by atoms with van der Waals surface area (Å²) in [5.74, 6) is 2.86. The molecule has 0 amide bonds. The minimum Gasteiger partial charge on any atom is -0.496 e. The van der Waals surface area contributed by atoms with E-state index in [4.69, 9.17) is 9.26 Å². The van der Waals surface area contributed by atoms with E-state index < -0.39 is 0 Å². The Kier molecular flexibility index (Phi) is 12.5. The third-order valence-corrected chi connectivity index (χ3v) is 5.30. The van der Waals surface area contributed by atoms with Crippen LogP contribution in [0.4, 0.5) is 0 Å². The summed E-state index contributed by atoms with van der Waals surface area (Å²) < 4.78 is 11.1. The quantitative estimate of drug-likeness (QED) is 0.246. The number of para-hydroxylation sites is 1. The molecule has 8 heteroatoms. The number of benzene rings is 1. The van der Waals surface area contributed by atoms with Gasteiger partial charge in [0.1, 0.15) is 12.3 Å². The van der Waals surface area contributed by atoms with Crippen molar-refractivity contribution in [3.05, 3.63) is 47.3 Å². The highest BCUT2D eigenvalue weighted by atomic mass is 127. The lowest BCUT2D eigenvalue weighted by Gasteiger charge is -2.27. The standard InChI is InChI=1S/C23H37N5O2.HI/c1-7-17(8-2)20-14-18(30-27-20)15-25-23(24-9-3)26-16-21(28(4)5)19-12-10-11-13-22(19)29-6;/h10-14,17,21H,7-9,15-16H2,1-6H3,(H2,24,25,26);1H. The molecule has 0 bridgehead atoms. The molecule has 0 fully saturated rings. The van der Waals surface area contributed by atoms with E-state index in [0.717, 1.165) is 48.1 Å². The summed E-state index contributed by atoms with van der Waals surface area (Å²) in [5, 5.41) is 11.0. The van der Waals surface area contributed by atoms with Gasteiger partial charge in [-0.05, 0) is 39.9 Å². The highest BCUT2D eigenvalue weighted by molar-refractivity contribution is 14.0. The Labute approximate surface area is 204 Å². The number of nitrogens with one attached hydrogen (secondary N) is 2. The molecule has 0 aliphatic rings. The minimum atomic E-state index is 0. The summed E-state index contributed by atoms with van der Waals surface area (Å²) >= 11 is 0. The van der Waals surface area contributed by atoms with Crippen LogP contribution < -0.4 is 15.4 Å². The molecule has 174 valence electrons. The van der Waals surface area contributed by atoms with Crippen molar-refractivity contribution >= 4 is 29.9 Å². The fourth-order valence-electron chi connectivity index (χ4n) is 3.51. The van der Waals surface area contributed by atoms with E-state index in [1.807, 2.05) is 24.3 Å². The second kappa shape index (κ2) is 14.3. The summed E-state index contributed by atoms with van der Waals surface area (Å²) in [6.07, 6.45) is 2.12. The van der Waals surface area contributed by atoms with Crippen LogP contribution in [0.2, 0.25) is 0 Å². The van der Waals surface area contributed by atoms with Gasteiger partial charge in [-0.3, -0.25) is 0 Å². The van der Waals surface area contributed by atoms with Crippen LogP contribution in [-0.4, -0.2) is 50.3 Å². The molecule has 0 aliphatic carbocycles. The zero-order chi connectivity index (χ0) is 21.9. The van der Waals surface area contributed by atoms with E-state index in [2.05, 4.69) is 66.6 Å². The first kappa shape index (κ1) is 27.2. The summed E-state index contributed by atoms with van der Waals surface area (Å²) in [6.45, 7) is 8.33. The Bertz CT molecular complexity index is 790. The average Bonchev–Trinajstić information content (AvgIpc) is 3.21. The number of ether oxygens (including phenoxy) is 1. The minimum absolute atomic E-state index is 0. The molecule has 0 spiro atoms. The van der Waals surface area contributed by atoms with Crippen molar-refractivity contribution in [2.24, 2.45) is 4.99 Å². The molecule has 1 aromatic heterocycles. The molecule has 7 nitrogen and oxygen atoms in total. The highest BCUT2D eigenvalue weighted by Crippen LogP contribution is 2.27. The van der Waals surface area contributed by atoms with Crippen molar-refractivity contribution in [1.29, 1.82) is 0 Å². The first-order valence-electron chi connectivity index (χ1n) is 10.8. The largest absolute Gasteiger partial charge is 0.496 e. The molecule has 31 heavy (non-hydrogen) atoms. The Morgan fingerprint density at radius 2 is 1.87 bits per heavy atom. The lowest BCUT2D eigenvalue weighted by molar-refractivity contribution is 0.287. The van der Waals surface area contributed by atoms with Crippen LogP contribution in [0.3, 0.4) is 0 Å². The number of guanidine groups is 1. The highest BCUT2D eigenvalue weighted by Gasteiger charge is 2.19. The Balaban J connectivity index is 0.00000480. The number of hydrogen-bond acceptors (Lipinski definition) is 5. The van der Waals surface area contributed by atoms with Crippen LogP contribution in [0.1, 0.15) is 62.6 Å². The number of likely N-dealkylation sites (N-methyl/N-ethyl adjacent to an activating group) is 1. The number of rotatable bonds is 11. The fraction of sp³-hybridized carbons (Fsp3) is 0.565. The van der Waals surface area contributed by atoms with E-state index in [0.29, 0.717) is 19.0 Å². The van der Waals surface area contributed by atoms with Crippen molar-refractivity contribution in [2.45, 2.75) is 52.1 Å². The Hall–Kier alpha value is -1.81. The zero-order valence-electron chi connectivity index (χ0n) is 19.6. The van der Waals surface area contributed by atoms with Gasteiger partial charge in [0.25, 0.3) is 0 Å². The maximum absolute atomic E-state index is 5.56. The number of nitrogens with zero attached hydrogens (tertiary/aromatic N) is 3. The SMILES string of the molecule is CCNC(=NCc1cc(C(CC)CC)no1)NCC(c1ccccc1OC)N(C)C.I. The monoisotopic (exact) mass is 543 g/mol. The van der Waals surface area contributed by atoms with Crippen LogP contribution in [-0.2, 0) is 6.54 Å². The molecular formula is C23H38IN5O2. The second-order valence-electron chi connectivity index (χ2n) is 7.53. The van der Waals surface area contributed by atoms with E-state index in [9.17, 15) is 0 Å². The topological polar surface area (TPSA) is 74.9 Å². The molecular weight excluding hydrogens is 505 g/mol. The van der Waals surface area contributed by atoms with E-state index >= 15 is 0 Å². The van der Waals surface area contributed by atoms with Crippen molar-refractivity contribution in [2.75, 3.05) is 34.3 Å². The van der Waals surface area contributed by atoms with Crippen LogP contribution in [0.5, 0.6) is 5.75 Å². The summed E-state index contributed by atoms with van der Waals surface area (Å²) in [4.78, 5) is 6.86. The lowest BCUT2D eigenvalue weighted by atomic mass is 9.99. The second-order valence-corrected chi connectivity index (χ2v) is 7.53. The smallest absolute Gasteiger partial charge is 0.191 e. The van der Waals surface area contributed by atoms with Gasteiger partial charge in [0.2, 0.25) is 0 Å². The lowest BCUT2D eigenvalue weighted by Crippen LogP contribution is -2.41. The normalized spacial score (nSPS) is 12.6. The van der Waals surface area contributed by atoms with Gasteiger partial charge in [-0.2, -0.15) is 0 Å². The van der Waals surface area contributed by atoms with Crippen molar-refractivity contribution in [1.82, 2.24) is 20.7 Å². The predicted molar refractivity (Wildman–Crippen MR) is 137 cm³/mol. The maximum atomic E-state index is 5.56. The van der Waals surface area contributed by atoms with Gasteiger partial charge in [-0.25, -0.2) is 4.99 Å². The van der Waals surface area contributed by atoms with E-state index in [1.54, 1.807) is 7.11 Å². The summed E-state index contributed by atoms with van der Waals surface area (Å²) in [7, 11) is 5.84. The van der Waals surface area contributed by atoms with Crippen LogP contribution in [0.15, 0.2) is 39.8 Å². The summed E-state index contributed by atoms with van der Waals surface area (Å²) in [5.41, 5.74) is 2.16. The van der Waals surface area contributed by atoms with Gasteiger partial charge in [0, 0.05) is 30.6 Å². The van der Waals surface area contributed by atoms with Gasteiger partial charge in [0.05, 0.1) is 18.8 Å². The maximum Gasteiger partial charge on any atom is 0.191 e. The molecule has 0 radical (unpaired) electrons. The van der Waals surface area contributed by atoms with Gasteiger partial charge in [0.15, 0.2) is 11.7 Å². The molecule has 2 rings (SSSR count). The van der Waals surface area contributed by atoms with Crippen molar-refractivity contribution in [3.63, 3.8) is 0 Å². The summed E-state index contributed by atoms with van der Waals surface area (Å²) in [6, 6.07) is 10.3. The average molecular weight is 543 g/mol. The molecule has 0 aliphatic heterocycles. The van der Waals surface area contributed by atoms with Gasteiger partial charge in [-0.1, -0.05) is 37.2 Å². The Morgan fingerprint density at radius 3 is 2.48 bits per heavy atom. The van der Waals surface area contributed by atoms with Gasteiger partial charge in [-0.15, -0.1) is 24.0 Å². The van der Waals surface area contributed by atoms with Crippen molar-refractivity contribution < 1.29 is 9.26 Å². The van der Waals surface area contributed by atoms with Crippen LogP contribution >= 0.6 is 24.0 Å². The zero-order valence-corrected chi connectivity index (χ0v) is 22.0. The molecule has 2 N–H and O–H groups in total. The number of aromatic nitrogens is 1. The van der Waals surface area contributed by atoms with Gasteiger partial charge < -0.3 is 24.8 Å². The van der Waals surface area contributed by atoms with Crippen molar-refractivity contribution in [3.8, 4) is 5.75 Å². The molecule has 1 atom stereocenters. The number of halogens is 1. The van der Waals surface area contributed by atoms with Crippen LogP contribution in [0, 0.1) is 0 Å². The van der Waals surface area contributed by atoms with Crippen LogP contribution in [0.25, 0.3) is 0 Å². The molecule has 1 unspecified atom stereocenters. The number of hydrogen-bond donors (Lipinski definition) is 2. The molecule has 1 heterocycles. The third-order valence-electron chi connectivity index (χ3n) is 5.30. The molecule has 2 aromatic rings. The number of methoxy groups -OCH3 is 1. The van der Waals surface area contributed by atoms with E-state index in [1.165, 1.54) is 0 Å². The first-order valence-corrected chi connectivity index (χ1v) is 10.8. The first-order chi connectivity index (χ1) is 14.5. The molecule has 0 saturated heterocycles. The molecule has 1 aromatic carbocycles. The van der Waals surface area contributed by atoms with Gasteiger partial charge >= 0.3 is 0 Å².